The van der Waals surface area contributed by atoms with Gasteiger partial charge in [0.15, 0.2) is 5.78 Å². The molecule has 0 atom stereocenters. The highest BCUT2D eigenvalue weighted by atomic mass is 16.3. The maximum absolute atomic E-state index is 10.8. The van der Waals surface area contributed by atoms with Crippen molar-refractivity contribution >= 4 is 23.1 Å². The third kappa shape index (κ3) is 3.57. The Morgan fingerprint density at radius 2 is 2.00 bits per heavy atom. The Kier molecular flexibility index (Phi) is 3.83. The zero-order chi connectivity index (χ0) is 12.1. The molecule has 0 aliphatic heterocycles. The molecule has 16 heavy (non-hydrogen) atoms. The molecule has 0 saturated heterocycles. The molecular formula is C12H13NO3. The van der Waals surface area contributed by atoms with E-state index >= 15 is 0 Å². The number of carbonyl (C=O) groups excluding carboxylic acids is 2. The van der Waals surface area contributed by atoms with Crippen LogP contribution in [0.4, 0.5) is 5.69 Å². The van der Waals surface area contributed by atoms with Crippen LogP contribution in [0.1, 0.15) is 19.4 Å². The number of ketones is 1. The lowest BCUT2D eigenvalue weighted by Crippen LogP contribution is -2.05. The van der Waals surface area contributed by atoms with Gasteiger partial charge in [-0.05, 0) is 19.1 Å². The van der Waals surface area contributed by atoms with E-state index in [1.807, 2.05) is 0 Å². The quantitative estimate of drug-likeness (QED) is 0.604. The van der Waals surface area contributed by atoms with E-state index in [4.69, 9.17) is 0 Å². The lowest BCUT2D eigenvalue weighted by Gasteiger charge is -2.04. The molecule has 1 aromatic carbocycles. The Morgan fingerprint density at radius 1 is 1.31 bits per heavy atom. The van der Waals surface area contributed by atoms with Gasteiger partial charge in [-0.2, -0.15) is 0 Å². The van der Waals surface area contributed by atoms with Crippen molar-refractivity contribution in [1.29, 1.82) is 0 Å². The zero-order valence-electron chi connectivity index (χ0n) is 9.15. The van der Waals surface area contributed by atoms with Gasteiger partial charge in [0.1, 0.15) is 5.76 Å². The van der Waals surface area contributed by atoms with Crippen molar-refractivity contribution in [3.8, 4) is 0 Å². The van der Waals surface area contributed by atoms with Crippen molar-refractivity contribution in [1.82, 2.24) is 0 Å². The summed E-state index contributed by atoms with van der Waals surface area (Å²) >= 11 is 0. The third-order valence-corrected chi connectivity index (χ3v) is 1.82. The van der Waals surface area contributed by atoms with Gasteiger partial charge in [0.2, 0.25) is 5.91 Å². The summed E-state index contributed by atoms with van der Waals surface area (Å²) in [6.07, 6.45) is 1.13. The van der Waals surface area contributed by atoms with Gasteiger partial charge in [0, 0.05) is 24.3 Å². The van der Waals surface area contributed by atoms with E-state index in [0.29, 0.717) is 11.3 Å². The van der Waals surface area contributed by atoms with Crippen LogP contribution in [0.25, 0.3) is 5.76 Å². The summed E-state index contributed by atoms with van der Waals surface area (Å²) in [4.78, 5) is 21.6. The maximum atomic E-state index is 10.8. The average Bonchev–Trinajstić information content (AvgIpc) is 2.16. The molecular weight excluding hydrogens is 206 g/mol. The summed E-state index contributed by atoms with van der Waals surface area (Å²) in [6.45, 7) is 2.76. The minimum absolute atomic E-state index is 0.111. The fourth-order valence-corrected chi connectivity index (χ4v) is 1.24. The predicted octanol–water partition coefficient (Wildman–Crippen LogP) is 2.13. The number of rotatable bonds is 3. The molecule has 0 heterocycles. The van der Waals surface area contributed by atoms with E-state index in [1.54, 1.807) is 24.3 Å². The van der Waals surface area contributed by atoms with Crippen LogP contribution in [0.15, 0.2) is 30.3 Å². The van der Waals surface area contributed by atoms with Gasteiger partial charge in [-0.25, -0.2) is 0 Å². The van der Waals surface area contributed by atoms with Crippen molar-refractivity contribution in [3.05, 3.63) is 35.9 Å². The summed E-state index contributed by atoms with van der Waals surface area (Å²) in [5, 5.41) is 12.2. The van der Waals surface area contributed by atoms with Crippen LogP contribution in [-0.2, 0) is 9.59 Å². The van der Waals surface area contributed by atoms with E-state index in [0.717, 1.165) is 6.08 Å². The summed E-state index contributed by atoms with van der Waals surface area (Å²) in [7, 11) is 0. The second kappa shape index (κ2) is 5.11. The Morgan fingerprint density at radius 3 is 2.56 bits per heavy atom. The summed E-state index contributed by atoms with van der Waals surface area (Å²) < 4.78 is 0. The SMILES string of the molecule is CC(=O)C=C(O)c1cccc(NC(C)=O)c1. The van der Waals surface area contributed by atoms with E-state index in [9.17, 15) is 14.7 Å². The first-order chi connectivity index (χ1) is 7.49. The molecule has 0 spiro atoms. The molecule has 4 heteroatoms. The molecule has 0 bridgehead atoms. The lowest BCUT2D eigenvalue weighted by atomic mass is 10.1. The number of anilines is 1. The van der Waals surface area contributed by atoms with Crippen molar-refractivity contribution in [2.24, 2.45) is 0 Å². The van der Waals surface area contributed by atoms with Crippen LogP contribution >= 0.6 is 0 Å². The molecule has 0 saturated carbocycles. The van der Waals surface area contributed by atoms with E-state index in [2.05, 4.69) is 5.32 Å². The predicted molar refractivity (Wildman–Crippen MR) is 62.0 cm³/mol. The smallest absolute Gasteiger partial charge is 0.221 e. The van der Waals surface area contributed by atoms with E-state index < -0.39 is 0 Å². The number of hydrogen-bond donors (Lipinski definition) is 2. The van der Waals surface area contributed by atoms with Crippen molar-refractivity contribution in [2.45, 2.75) is 13.8 Å². The maximum Gasteiger partial charge on any atom is 0.221 e. The van der Waals surface area contributed by atoms with Crippen LogP contribution in [0, 0.1) is 0 Å². The van der Waals surface area contributed by atoms with Gasteiger partial charge in [-0.15, -0.1) is 0 Å². The zero-order valence-corrected chi connectivity index (χ0v) is 9.15. The first-order valence-electron chi connectivity index (χ1n) is 4.78. The Hall–Kier alpha value is -2.10. The fourth-order valence-electron chi connectivity index (χ4n) is 1.24. The topological polar surface area (TPSA) is 66.4 Å². The number of nitrogens with one attached hydrogen (secondary N) is 1. The molecule has 84 valence electrons. The molecule has 0 aromatic heterocycles. The van der Waals surface area contributed by atoms with Gasteiger partial charge in [0.25, 0.3) is 0 Å². The monoisotopic (exact) mass is 219 g/mol. The van der Waals surface area contributed by atoms with Crippen LogP contribution < -0.4 is 5.32 Å². The number of hydrogen-bond acceptors (Lipinski definition) is 3. The number of aliphatic hydroxyl groups is 1. The van der Waals surface area contributed by atoms with Crippen LogP contribution in [0.3, 0.4) is 0 Å². The Bertz CT molecular complexity index is 449. The highest BCUT2D eigenvalue weighted by Crippen LogP contribution is 2.16. The van der Waals surface area contributed by atoms with Crippen LogP contribution in [0.5, 0.6) is 0 Å². The molecule has 0 unspecified atom stereocenters. The second-order valence-electron chi connectivity index (χ2n) is 3.40. The first kappa shape index (κ1) is 12.0. The molecule has 0 aliphatic rings. The number of allylic oxidation sites excluding steroid dienone is 1. The summed E-state index contributed by atoms with van der Waals surface area (Å²) in [5.41, 5.74) is 1.06. The Labute approximate surface area is 93.6 Å². The molecule has 0 fully saturated rings. The molecule has 1 rings (SSSR count). The number of aliphatic hydroxyl groups excluding tert-OH is 1. The number of benzene rings is 1. The molecule has 0 radical (unpaired) electrons. The number of carbonyl (C=O) groups is 2. The lowest BCUT2D eigenvalue weighted by molar-refractivity contribution is -0.114. The number of amides is 1. The van der Waals surface area contributed by atoms with Gasteiger partial charge < -0.3 is 10.4 Å². The largest absolute Gasteiger partial charge is 0.507 e. The van der Waals surface area contributed by atoms with E-state index in [-0.39, 0.29) is 17.4 Å². The van der Waals surface area contributed by atoms with Crippen LogP contribution in [0.2, 0.25) is 0 Å². The van der Waals surface area contributed by atoms with Crippen molar-refractivity contribution in [3.63, 3.8) is 0 Å². The molecule has 0 aliphatic carbocycles. The molecule has 1 amide bonds. The molecule has 4 nitrogen and oxygen atoms in total. The van der Waals surface area contributed by atoms with Gasteiger partial charge in [0.05, 0.1) is 0 Å². The van der Waals surface area contributed by atoms with Crippen molar-refractivity contribution in [2.75, 3.05) is 5.32 Å². The standard InChI is InChI=1S/C12H13NO3/c1-8(14)6-12(16)10-4-3-5-11(7-10)13-9(2)15/h3-7,16H,1-2H3,(H,13,15). The minimum atomic E-state index is -0.234. The highest BCUT2D eigenvalue weighted by molar-refractivity contribution is 5.94. The normalized spacial score (nSPS) is 11.0. The summed E-state index contributed by atoms with van der Waals surface area (Å²) in [6, 6.07) is 6.63. The molecule has 1 aromatic rings. The minimum Gasteiger partial charge on any atom is -0.507 e. The van der Waals surface area contributed by atoms with Crippen molar-refractivity contribution < 1.29 is 14.7 Å². The second-order valence-corrected chi connectivity index (χ2v) is 3.40. The average molecular weight is 219 g/mol. The Balaban J connectivity index is 2.98. The van der Waals surface area contributed by atoms with Crippen LogP contribution in [-0.4, -0.2) is 16.8 Å². The molecule has 2 N–H and O–H groups in total. The summed E-state index contributed by atoms with van der Waals surface area (Å²) in [5.74, 6) is -0.533. The highest BCUT2D eigenvalue weighted by Gasteiger charge is 2.02. The third-order valence-electron chi connectivity index (χ3n) is 1.82. The first-order valence-corrected chi connectivity index (χ1v) is 4.78. The van der Waals surface area contributed by atoms with Gasteiger partial charge in [-0.1, -0.05) is 12.1 Å². The fraction of sp³-hybridized carbons (Fsp3) is 0.167. The van der Waals surface area contributed by atoms with Gasteiger partial charge in [-0.3, -0.25) is 9.59 Å². The van der Waals surface area contributed by atoms with E-state index in [1.165, 1.54) is 13.8 Å². The van der Waals surface area contributed by atoms with Gasteiger partial charge >= 0.3 is 0 Å².